The number of para-hydroxylation sites is 1. The molecule has 0 spiro atoms. The fourth-order valence-corrected chi connectivity index (χ4v) is 5.16. The van der Waals surface area contributed by atoms with E-state index in [2.05, 4.69) is 18.1 Å². The number of aliphatic hydroxyl groups is 1. The van der Waals surface area contributed by atoms with E-state index in [9.17, 15) is 18.8 Å². The van der Waals surface area contributed by atoms with Gasteiger partial charge in [-0.3, -0.25) is 0 Å². The molecule has 0 aliphatic heterocycles. The maximum Gasteiger partial charge on any atom is 0.243 e. The Morgan fingerprint density at radius 1 is 1.13 bits per heavy atom. The van der Waals surface area contributed by atoms with E-state index in [0.29, 0.717) is 10.6 Å². The van der Waals surface area contributed by atoms with Crippen molar-refractivity contribution in [3.63, 3.8) is 0 Å². The number of benzene rings is 2. The van der Waals surface area contributed by atoms with Crippen molar-refractivity contribution in [2.45, 2.75) is 4.90 Å². The van der Waals surface area contributed by atoms with Crippen molar-refractivity contribution in [3.05, 3.63) is 84.4 Å². The largest absolute Gasteiger partial charge is 0.506 e. The molecule has 1 N–H and O–H groups in total. The number of nitrogens with zero attached hydrogens (tertiary/aromatic N) is 3. The highest BCUT2D eigenvalue weighted by atomic mass is 32.2. The van der Waals surface area contributed by atoms with Crippen LogP contribution in [0.3, 0.4) is 0 Å². The molecule has 0 aliphatic rings. The number of allylic oxidation sites excluding steroid dienone is 1. The second kappa shape index (κ2) is 9.05. The zero-order valence-electron chi connectivity index (χ0n) is 16.0. The van der Waals surface area contributed by atoms with E-state index in [1.807, 2.05) is 30.3 Å². The summed E-state index contributed by atoms with van der Waals surface area (Å²) in [6.07, 6.45) is 3.00. The first-order valence-corrected chi connectivity index (χ1v) is 11.2. The summed E-state index contributed by atoms with van der Waals surface area (Å²) in [5.41, 5.74) is 1.10. The molecular formula is C22H19N3O3S2. The standard InChI is InChI=1S/C22H19N3O3S2/c1-3-13-25(14-4-2)30(27,28)17-11-9-16(10-12-17)21(26)18(15-23)22-24-19-7-5-6-8-20(19)29-22/h3-12,26H,1-2,13-14H2/b21-18-. The van der Waals surface area contributed by atoms with Gasteiger partial charge in [0.25, 0.3) is 0 Å². The molecule has 0 amide bonds. The average molecular weight is 438 g/mol. The van der Waals surface area contributed by atoms with Gasteiger partial charge in [-0.15, -0.1) is 24.5 Å². The van der Waals surface area contributed by atoms with Gasteiger partial charge in [0, 0.05) is 18.7 Å². The molecule has 8 heteroatoms. The topological polar surface area (TPSA) is 94.3 Å². The highest BCUT2D eigenvalue weighted by Crippen LogP contribution is 2.31. The molecule has 0 fully saturated rings. The summed E-state index contributed by atoms with van der Waals surface area (Å²) in [6, 6.07) is 15.2. The van der Waals surface area contributed by atoms with E-state index in [-0.39, 0.29) is 29.3 Å². The molecule has 0 atom stereocenters. The average Bonchev–Trinajstić information content (AvgIpc) is 3.18. The van der Waals surface area contributed by atoms with Crippen LogP contribution in [0.1, 0.15) is 10.6 Å². The van der Waals surface area contributed by atoms with Crippen LogP contribution in [-0.4, -0.2) is 35.9 Å². The first-order valence-electron chi connectivity index (χ1n) is 8.94. The molecule has 1 heterocycles. The maximum absolute atomic E-state index is 12.8. The van der Waals surface area contributed by atoms with Crippen LogP contribution >= 0.6 is 11.3 Å². The van der Waals surface area contributed by atoms with Gasteiger partial charge in [-0.2, -0.15) is 9.57 Å². The lowest BCUT2D eigenvalue weighted by atomic mass is 10.1. The lowest BCUT2D eigenvalue weighted by Gasteiger charge is -2.19. The Morgan fingerprint density at radius 2 is 1.77 bits per heavy atom. The molecule has 3 aromatic rings. The number of hydrogen-bond acceptors (Lipinski definition) is 6. The van der Waals surface area contributed by atoms with Crippen molar-refractivity contribution >= 4 is 42.9 Å². The predicted octanol–water partition coefficient (Wildman–Crippen LogP) is 4.61. The molecule has 0 radical (unpaired) electrons. The summed E-state index contributed by atoms with van der Waals surface area (Å²) in [7, 11) is -3.75. The molecule has 0 saturated heterocycles. The minimum absolute atomic E-state index is 0.0340. The Bertz CT molecular complexity index is 1220. The molecular weight excluding hydrogens is 418 g/mol. The van der Waals surface area contributed by atoms with Crippen LogP contribution in [0.4, 0.5) is 0 Å². The third-order valence-electron chi connectivity index (χ3n) is 4.29. The first-order chi connectivity index (χ1) is 14.4. The smallest absolute Gasteiger partial charge is 0.243 e. The van der Waals surface area contributed by atoms with Gasteiger partial charge in [0.2, 0.25) is 10.0 Å². The Kier molecular flexibility index (Phi) is 6.47. The summed E-state index contributed by atoms with van der Waals surface area (Å²) >= 11 is 1.30. The Hall–Kier alpha value is -3.25. The summed E-state index contributed by atoms with van der Waals surface area (Å²) in [5, 5.41) is 20.7. The SMILES string of the molecule is C=CCN(CC=C)S(=O)(=O)c1ccc(/C(O)=C(\C#N)c2nc3ccccc3s2)cc1. The van der Waals surface area contributed by atoms with Crippen LogP contribution < -0.4 is 0 Å². The number of fused-ring (bicyclic) bond motifs is 1. The number of aromatic nitrogens is 1. The third-order valence-corrected chi connectivity index (χ3v) is 7.19. The van der Waals surface area contributed by atoms with Crippen molar-refractivity contribution in [3.8, 4) is 6.07 Å². The molecule has 152 valence electrons. The quantitative estimate of drug-likeness (QED) is 0.315. The van der Waals surface area contributed by atoms with Crippen LogP contribution in [-0.2, 0) is 10.0 Å². The number of hydrogen-bond donors (Lipinski definition) is 1. The number of nitriles is 1. The van der Waals surface area contributed by atoms with Gasteiger partial charge in [0.05, 0.1) is 15.1 Å². The molecule has 0 aliphatic carbocycles. The van der Waals surface area contributed by atoms with Crippen molar-refractivity contribution < 1.29 is 13.5 Å². The zero-order valence-corrected chi connectivity index (χ0v) is 17.7. The normalized spacial score (nSPS) is 12.4. The molecule has 0 saturated carbocycles. The maximum atomic E-state index is 12.8. The predicted molar refractivity (Wildman–Crippen MR) is 120 cm³/mol. The Balaban J connectivity index is 1.98. The van der Waals surface area contributed by atoms with E-state index < -0.39 is 10.0 Å². The molecule has 3 rings (SSSR count). The number of thiazole rings is 1. The number of rotatable bonds is 8. The van der Waals surface area contributed by atoms with Crippen LogP contribution in [0.25, 0.3) is 21.5 Å². The van der Waals surface area contributed by atoms with Gasteiger partial charge in [0.15, 0.2) is 0 Å². The van der Waals surface area contributed by atoms with Crippen LogP contribution in [0.2, 0.25) is 0 Å². The summed E-state index contributed by atoms with van der Waals surface area (Å²) < 4.78 is 27.7. The summed E-state index contributed by atoms with van der Waals surface area (Å²) in [5.74, 6) is -0.255. The third kappa shape index (κ3) is 4.19. The van der Waals surface area contributed by atoms with Crippen molar-refractivity contribution in [2.24, 2.45) is 0 Å². The van der Waals surface area contributed by atoms with E-state index in [1.165, 1.54) is 52.1 Å². The van der Waals surface area contributed by atoms with Gasteiger partial charge < -0.3 is 5.11 Å². The van der Waals surface area contributed by atoms with Gasteiger partial charge in [-0.05, 0) is 36.4 Å². The van der Waals surface area contributed by atoms with E-state index in [1.54, 1.807) is 0 Å². The van der Waals surface area contributed by atoms with Gasteiger partial charge in [-0.1, -0.05) is 24.3 Å². The second-order valence-corrected chi connectivity index (χ2v) is 9.21. The highest BCUT2D eigenvalue weighted by Gasteiger charge is 2.23. The second-order valence-electron chi connectivity index (χ2n) is 6.25. The summed E-state index contributed by atoms with van der Waals surface area (Å²) in [4.78, 5) is 4.48. The highest BCUT2D eigenvalue weighted by molar-refractivity contribution is 7.89. The van der Waals surface area contributed by atoms with Gasteiger partial charge in [0.1, 0.15) is 22.4 Å². The zero-order chi connectivity index (χ0) is 21.7. The minimum atomic E-state index is -3.75. The fourth-order valence-electron chi connectivity index (χ4n) is 2.82. The first kappa shape index (κ1) is 21.5. The lowest BCUT2D eigenvalue weighted by Crippen LogP contribution is -2.31. The van der Waals surface area contributed by atoms with E-state index >= 15 is 0 Å². The van der Waals surface area contributed by atoms with Crippen LogP contribution in [0.15, 0.2) is 78.7 Å². The van der Waals surface area contributed by atoms with Crippen LogP contribution in [0.5, 0.6) is 0 Å². The van der Waals surface area contributed by atoms with Gasteiger partial charge >= 0.3 is 0 Å². The monoisotopic (exact) mass is 437 g/mol. The number of aliphatic hydroxyl groups excluding tert-OH is 1. The van der Waals surface area contributed by atoms with Gasteiger partial charge in [-0.25, -0.2) is 13.4 Å². The molecule has 6 nitrogen and oxygen atoms in total. The minimum Gasteiger partial charge on any atom is -0.506 e. The number of sulfonamides is 1. The molecule has 30 heavy (non-hydrogen) atoms. The fraction of sp³-hybridized carbons (Fsp3) is 0.0909. The molecule has 0 bridgehead atoms. The Labute approximate surface area is 179 Å². The molecule has 0 unspecified atom stereocenters. The van der Waals surface area contributed by atoms with Crippen molar-refractivity contribution in [1.29, 1.82) is 5.26 Å². The van der Waals surface area contributed by atoms with Crippen molar-refractivity contribution in [1.82, 2.24) is 9.29 Å². The lowest BCUT2D eigenvalue weighted by molar-refractivity contribution is 0.474. The van der Waals surface area contributed by atoms with E-state index in [0.717, 1.165) is 10.2 Å². The Morgan fingerprint density at radius 3 is 2.33 bits per heavy atom. The molecule has 1 aromatic heterocycles. The molecule has 2 aromatic carbocycles. The van der Waals surface area contributed by atoms with Crippen molar-refractivity contribution in [2.75, 3.05) is 13.1 Å². The van der Waals surface area contributed by atoms with E-state index in [4.69, 9.17) is 0 Å². The van der Waals surface area contributed by atoms with Crippen LogP contribution in [0, 0.1) is 11.3 Å². The summed E-state index contributed by atoms with van der Waals surface area (Å²) in [6.45, 7) is 7.47.